The lowest BCUT2D eigenvalue weighted by molar-refractivity contribution is -0.107. The van der Waals surface area contributed by atoms with Crippen LogP contribution in [0.2, 0.25) is 5.02 Å². The first-order valence-electron chi connectivity index (χ1n) is 5.69. The van der Waals surface area contributed by atoms with Gasteiger partial charge < -0.3 is 9.90 Å². The molecule has 1 aromatic rings. The average molecular weight is 239 g/mol. The van der Waals surface area contributed by atoms with E-state index in [1.165, 1.54) is 12.0 Å². The van der Waals surface area contributed by atoms with Gasteiger partial charge in [0.05, 0.1) is 5.02 Å². The highest BCUT2D eigenvalue weighted by Gasteiger charge is 2.18. The molecule has 1 aliphatic rings. The van der Waals surface area contributed by atoms with Gasteiger partial charge in [0.2, 0.25) is 0 Å². The molecule has 0 heterocycles. The Morgan fingerprint density at radius 3 is 2.88 bits per heavy atom. The summed E-state index contributed by atoms with van der Waals surface area (Å²) in [5.41, 5.74) is 3.15. The van der Waals surface area contributed by atoms with Crippen LogP contribution >= 0.6 is 11.6 Å². The molecule has 1 aromatic carbocycles. The van der Waals surface area contributed by atoms with Crippen molar-refractivity contribution in [2.24, 2.45) is 0 Å². The fourth-order valence-electron chi connectivity index (χ4n) is 2.31. The van der Waals surface area contributed by atoms with Crippen LogP contribution in [0, 0.1) is 0 Å². The number of fused-ring (bicyclic) bond motifs is 1. The molecule has 0 aliphatic heterocycles. The lowest BCUT2D eigenvalue weighted by Gasteiger charge is -2.19. The number of rotatable bonds is 3. The van der Waals surface area contributed by atoms with E-state index in [9.17, 15) is 9.90 Å². The van der Waals surface area contributed by atoms with Crippen LogP contribution in [0.4, 0.5) is 0 Å². The van der Waals surface area contributed by atoms with E-state index in [1.807, 2.05) is 6.07 Å². The quantitative estimate of drug-likeness (QED) is 0.822. The number of halogens is 1. The van der Waals surface area contributed by atoms with E-state index in [0.717, 1.165) is 36.7 Å². The minimum Gasteiger partial charge on any atom is -0.506 e. The topological polar surface area (TPSA) is 37.3 Å². The Morgan fingerprint density at radius 1 is 1.38 bits per heavy atom. The second kappa shape index (κ2) is 4.88. The first-order chi connectivity index (χ1) is 7.74. The first-order valence-corrected chi connectivity index (χ1v) is 6.07. The van der Waals surface area contributed by atoms with Crippen LogP contribution < -0.4 is 0 Å². The van der Waals surface area contributed by atoms with Crippen LogP contribution in [0.25, 0.3) is 0 Å². The summed E-state index contributed by atoms with van der Waals surface area (Å²) in [4.78, 5) is 10.3. The number of hydrogen-bond acceptors (Lipinski definition) is 2. The minimum atomic E-state index is 0.171. The van der Waals surface area contributed by atoms with Crippen LogP contribution in [0.5, 0.6) is 5.75 Å². The number of carbonyl (C=O) groups is 1. The van der Waals surface area contributed by atoms with Crippen LogP contribution in [0.15, 0.2) is 6.07 Å². The van der Waals surface area contributed by atoms with Gasteiger partial charge in [-0.2, -0.15) is 0 Å². The minimum absolute atomic E-state index is 0.171. The van der Waals surface area contributed by atoms with E-state index < -0.39 is 0 Å². The maximum absolute atomic E-state index is 10.3. The number of aryl methyl sites for hydroxylation is 2. The van der Waals surface area contributed by atoms with Crippen molar-refractivity contribution in [3.63, 3.8) is 0 Å². The lowest BCUT2D eigenvalue weighted by Crippen LogP contribution is -2.05. The molecule has 0 bridgehead atoms. The summed E-state index contributed by atoms with van der Waals surface area (Å²) in [6.45, 7) is 0. The highest BCUT2D eigenvalue weighted by molar-refractivity contribution is 6.33. The number of benzene rings is 1. The molecule has 0 saturated carbocycles. The average Bonchev–Trinajstić information content (AvgIpc) is 2.32. The third-order valence-electron chi connectivity index (χ3n) is 3.17. The number of hydrogen-bond donors (Lipinski definition) is 1. The molecule has 0 amide bonds. The zero-order chi connectivity index (χ0) is 11.5. The van der Waals surface area contributed by atoms with Gasteiger partial charge in [-0.1, -0.05) is 17.7 Å². The summed E-state index contributed by atoms with van der Waals surface area (Å²) in [7, 11) is 0. The summed E-state index contributed by atoms with van der Waals surface area (Å²) in [5, 5.41) is 10.4. The Balaban J connectivity index is 2.39. The van der Waals surface area contributed by atoms with E-state index in [2.05, 4.69) is 0 Å². The van der Waals surface area contributed by atoms with Crippen molar-refractivity contribution < 1.29 is 9.90 Å². The second-order valence-corrected chi connectivity index (χ2v) is 4.63. The van der Waals surface area contributed by atoms with Crippen molar-refractivity contribution in [2.45, 2.75) is 38.5 Å². The molecule has 0 aromatic heterocycles. The predicted molar refractivity (Wildman–Crippen MR) is 64.1 cm³/mol. The zero-order valence-electron chi connectivity index (χ0n) is 9.13. The third kappa shape index (κ3) is 2.07. The van der Waals surface area contributed by atoms with E-state index >= 15 is 0 Å². The highest BCUT2D eigenvalue weighted by atomic mass is 35.5. The number of aldehydes is 1. The Hall–Kier alpha value is -1.02. The molecule has 1 N–H and O–H groups in total. The van der Waals surface area contributed by atoms with Crippen LogP contribution in [0.3, 0.4) is 0 Å². The van der Waals surface area contributed by atoms with Gasteiger partial charge in [0.1, 0.15) is 12.0 Å². The van der Waals surface area contributed by atoms with Crippen LogP contribution in [-0.2, 0) is 24.1 Å². The Kier molecular flexibility index (Phi) is 3.49. The Bertz CT molecular complexity index is 413. The van der Waals surface area contributed by atoms with Crippen molar-refractivity contribution >= 4 is 17.9 Å². The lowest BCUT2D eigenvalue weighted by atomic mass is 9.89. The van der Waals surface area contributed by atoms with E-state index in [4.69, 9.17) is 11.6 Å². The molecule has 1 aliphatic carbocycles. The SMILES string of the molecule is O=CCCc1cc2c(c(Cl)c1O)CCCC2. The first kappa shape index (κ1) is 11.5. The van der Waals surface area contributed by atoms with Crippen LogP contribution in [-0.4, -0.2) is 11.4 Å². The van der Waals surface area contributed by atoms with Crippen molar-refractivity contribution in [3.8, 4) is 5.75 Å². The molecular formula is C13H15ClO2. The standard InChI is InChI=1S/C13H15ClO2/c14-12-11-6-2-1-4-9(11)8-10(13(12)16)5-3-7-15/h7-8,16H,1-6H2. The maximum atomic E-state index is 10.3. The van der Waals surface area contributed by atoms with Gasteiger partial charge in [0.25, 0.3) is 0 Å². The molecule has 0 radical (unpaired) electrons. The summed E-state index contributed by atoms with van der Waals surface area (Å²) < 4.78 is 0. The van der Waals surface area contributed by atoms with Crippen LogP contribution in [0.1, 0.15) is 36.0 Å². The van der Waals surface area contributed by atoms with Crippen molar-refractivity contribution in [3.05, 3.63) is 27.8 Å². The number of carbonyl (C=O) groups excluding carboxylic acids is 1. The fourth-order valence-corrected chi connectivity index (χ4v) is 2.64. The number of phenolic OH excluding ortho intramolecular Hbond substituents is 1. The Morgan fingerprint density at radius 2 is 2.12 bits per heavy atom. The van der Waals surface area contributed by atoms with Gasteiger partial charge >= 0.3 is 0 Å². The summed E-state index contributed by atoms with van der Waals surface area (Å²) >= 11 is 6.16. The molecule has 0 unspecified atom stereocenters. The monoisotopic (exact) mass is 238 g/mol. The molecule has 16 heavy (non-hydrogen) atoms. The van der Waals surface area contributed by atoms with Gasteiger partial charge in [-0.15, -0.1) is 0 Å². The largest absolute Gasteiger partial charge is 0.506 e. The predicted octanol–water partition coefficient (Wildman–Crippen LogP) is 3.06. The van der Waals surface area contributed by atoms with Crippen molar-refractivity contribution in [2.75, 3.05) is 0 Å². The third-order valence-corrected chi connectivity index (χ3v) is 3.57. The molecule has 2 rings (SSSR count). The van der Waals surface area contributed by atoms with Crippen molar-refractivity contribution in [1.29, 1.82) is 0 Å². The van der Waals surface area contributed by atoms with Gasteiger partial charge in [-0.3, -0.25) is 0 Å². The molecule has 0 spiro atoms. The molecule has 2 nitrogen and oxygen atoms in total. The van der Waals surface area contributed by atoms with E-state index in [-0.39, 0.29) is 5.75 Å². The molecule has 86 valence electrons. The van der Waals surface area contributed by atoms with Gasteiger partial charge in [-0.25, -0.2) is 0 Å². The van der Waals surface area contributed by atoms with E-state index in [0.29, 0.717) is 17.9 Å². The maximum Gasteiger partial charge on any atom is 0.137 e. The molecular weight excluding hydrogens is 224 g/mol. The second-order valence-electron chi connectivity index (χ2n) is 4.25. The highest BCUT2D eigenvalue weighted by Crippen LogP contribution is 2.37. The molecule has 0 fully saturated rings. The Labute approximate surface area is 100 Å². The van der Waals surface area contributed by atoms with Gasteiger partial charge in [0, 0.05) is 6.42 Å². The number of aromatic hydroxyl groups is 1. The smallest absolute Gasteiger partial charge is 0.137 e. The number of phenols is 1. The zero-order valence-corrected chi connectivity index (χ0v) is 9.89. The van der Waals surface area contributed by atoms with E-state index in [1.54, 1.807) is 0 Å². The van der Waals surface area contributed by atoms with Gasteiger partial charge in [0.15, 0.2) is 0 Å². The molecule has 0 atom stereocenters. The summed E-state index contributed by atoms with van der Waals surface area (Å²) in [5.74, 6) is 0.171. The van der Waals surface area contributed by atoms with Crippen molar-refractivity contribution in [1.82, 2.24) is 0 Å². The molecule has 0 saturated heterocycles. The van der Waals surface area contributed by atoms with Gasteiger partial charge in [-0.05, 0) is 48.8 Å². The normalized spacial score (nSPS) is 14.6. The fraction of sp³-hybridized carbons (Fsp3) is 0.462. The molecule has 3 heteroatoms. The summed E-state index contributed by atoms with van der Waals surface area (Å²) in [6.07, 6.45) is 6.18. The summed E-state index contributed by atoms with van der Waals surface area (Å²) in [6, 6.07) is 2.01.